The molecule has 1 N–H and O–H groups in total. The quantitative estimate of drug-likeness (QED) is 0.309. The van der Waals surface area contributed by atoms with E-state index in [9.17, 15) is 14.4 Å². The van der Waals surface area contributed by atoms with E-state index in [-0.39, 0.29) is 22.7 Å². The SMILES string of the molecule is O=Cc1ccc(C2C=C(c3ccccc3)N=C(N3SCC(=O)C34C(=O)Nc3ccccc34)S2)cc1. The van der Waals surface area contributed by atoms with Crippen molar-refractivity contribution < 1.29 is 14.4 Å². The lowest BCUT2D eigenvalue weighted by Crippen LogP contribution is -2.51. The molecule has 3 aliphatic rings. The molecule has 172 valence electrons. The number of ketones is 1. The highest BCUT2D eigenvalue weighted by molar-refractivity contribution is 8.15. The van der Waals surface area contributed by atoms with Crippen LogP contribution in [0.5, 0.6) is 0 Å². The molecule has 3 heterocycles. The molecule has 0 aromatic heterocycles. The third-order valence-corrected chi connectivity index (χ3v) is 8.69. The number of fused-ring (bicyclic) bond motifs is 2. The van der Waals surface area contributed by atoms with Crippen molar-refractivity contribution in [3.05, 3.63) is 107 Å². The van der Waals surface area contributed by atoms with Crippen molar-refractivity contribution in [2.75, 3.05) is 11.1 Å². The van der Waals surface area contributed by atoms with Crippen molar-refractivity contribution in [3.8, 4) is 0 Å². The summed E-state index contributed by atoms with van der Waals surface area (Å²) >= 11 is 2.81. The Balaban J connectivity index is 1.47. The fourth-order valence-electron chi connectivity index (χ4n) is 4.61. The Kier molecular flexibility index (Phi) is 5.35. The largest absolute Gasteiger partial charge is 0.323 e. The molecule has 0 saturated carbocycles. The van der Waals surface area contributed by atoms with E-state index >= 15 is 0 Å². The monoisotopic (exact) mass is 497 g/mol. The first-order valence-corrected chi connectivity index (χ1v) is 12.9. The molecule has 8 heteroatoms. The topological polar surface area (TPSA) is 78.8 Å². The van der Waals surface area contributed by atoms with Crippen LogP contribution in [0.1, 0.15) is 32.3 Å². The summed E-state index contributed by atoms with van der Waals surface area (Å²) in [5.74, 6) is -0.319. The number of anilines is 1. The number of amidine groups is 1. The van der Waals surface area contributed by atoms with Crippen LogP contribution >= 0.6 is 23.7 Å². The zero-order valence-electron chi connectivity index (χ0n) is 18.4. The highest BCUT2D eigenvalue weighted by Gasteiger charge is 2.62. The number of para-hydroxylation sites is 1. The van der Waals surface area contributed by atoms with Gasteiger partial charge < -0.3 is 5.32 Å². The number of nitrogens with one attached hydrogen (secondary N) is 1. The van der Waals surface area contributed by atoms with Crippen LogP contribution in [0.15, 0.2) is 89.9 Å². The van der Waals surface area contributed by atoms with Gasteiger partial charge in [0.1, 0.15) is 6.29 Å². The third-order valence-electron chi connectivity index (χ3n) is 6.33. The van der Waals surface area contributed by atoms with Gasteiger partial charge in [0.15, 0.2) is 11.0 Å². The molecule has 0 aliphatic carbocycles. The van der Waals surface area contributed by atoms with Crippen LogP contribution in [-0.2, 0) is 15.1 Å². The average molecular weight is 498 g/mol. The van der Waals surface area contributed by atoms with E-state index in [1.807, 2.05) is 66.7 Å². The molecule has 3 aliphatic heterocycles. The Morgan fingerprint density at radius 1 is 0.971 bits per heavy atom. The lowest BCUT2D eigenvalue weighted by atomic mass is 9.87. The van der Waals surface area contributed by atoms with Crippen molar-refractivity contribution >= 4 is 58.2 Å². The minimum Gasteiger partial charge on any atom is -0.323 e. The third kappa shape index (κ3) is 3.44. The van der Waals surface area contributed by atoms with Crippen LogP contribution in [0.3, 0.4) is 0 Å². The summed E-state index contributed by atoms with van der Waals surface area (Å²) in [6.45, 7) is 0. The zero-order chi connectivity index (χ0) is 24.0. The molecular formula is C27H19N3O3S2. The predicted molar refractivity (Wildman–Crippen MR) is 140 cm³/mol. The molecule has 1 spiro atoms. The molecule has 0 radical (unpaired) electrons. The van der Waals surface area contributed by atoms with Gasteiger partial charge in [-0.25, -0.2) is 4.99 Å². The van der Waals surface area contributed by atoms with E-state index < -0.39 is 5.54 Å². The second-order valence-electron chi connectivity index (χ2n) is 8.34. The van der Waals surface area contributed by atoms with Crippen LogP contribution in [0.4, 0.5) is 5.69 Å². The van der Waals surface area contributed by atoms with E-state index in [0.717, 1.165) is 23.1 Å². The van der Waals surface area contributed by atoms with E-state index in [1.54, 1.807) is 16.4 Å². The van der Waals surface area contributed by atoms with E-state index in [0.29, 0.717) is 22.0 Å². The fourth-order valence-corrected chi connectivity index (χ4v) is 7.08. The molecule has 6 rings (SSSR count). The van der Waals surface area contributed by atoms with Gasteiger partial charge in [-0.3, -0.25) is 18.7 Å². The maximum absolute atomic E-state index is 13.4. The van der Waals surface area contributed by atoms with Gasteiger partial charge in [-0.15, -0.1) is 0 Å². The number of hydrogen-bond acceptors (Lipinski definition) is 7. The summed E-state index contributed by atoms with van der Waals surface area (Å²) in [4.78, 5) is 42.9. The van der Waals surface area contributed by atoms with Crippen LogP contribution in [0, 0.1) is 0 Å². The summed E-state index contributed by atoms with van der Waals surface area (Å²) in [5, 5.41) is 3.38. The summed E-state index contributed by atoms with van der Waals surface area (Å²) in [6, 6.07) is 24.6. The van der Waals surface area contributed by atoms with Gasteiger partial charge in [0.2, 0.25) is 5.54 Å². The number of aliphatic imine (C=N–C) groups is 1. The van der Waals surface area contributed by atoms with Crippen LogP contribution in [0.25, 0.3) is 5.70 Å². The van der Waals surface area contributed by atoms with Crippen molar-refractivity contribution in [3.63, 3.8) is 0 Å². The normalized spacial score (nSPS) is 23.1. The van der Waals surface area contributed by atoms with Gasteiger partial charge in [-0.05, 0) is 35.2 Å². The fraction of sp³-hybridized carbons (Fsp3) is 0.111. The Morgan fingerprint density at radius 2 is 1.71 bits per heavy atom. The number of thioether (sulfide) groups is 1. The smallest absolute Gasteiger partial charge is 0.263 e. The molecule has 35 heavy (non-hydrogen) atoms. The molecule has 3 aromatic carbocycles. The molecular weight excluding hydrogens is 478 g/mol. The molecule has 1 amide bonds. The number of nitrogens with zero attached hydrogens (tertiary/aromatic N) is 2. The second kappa shape index (κ2) is 8.55. The van der Waals surface area contributed by atoms with E-state index in [2.05, 4.69) is 11.4 Å². The van der Waals surface area contributed by atoms with Crippen LogP contribution in [0.2, 0.25) is 0 Å². The highest BCUT2D eigenvalue weighted by Crippen LogP contribution is 2.52. The number of Topliss-reactive ketones (excluding diaryl/α,β-unsaturated/α-hetero) is 1. The number of carbonyl (C=O) groups is 3. The highest BCUT2D eigenvalue weighted by atomic mass is 32.2. The van der Waals surface area contributed by atoms with Gasteiger partial charge >= 0.3 is 0 Å². The lowest BCUT2D eigenvalue weighted by Gasteiger charge is -2.34. The van der Waals surface area contributed by atoms with E-state index in [4.69, 9.17) is 4.99 Å². The number of amides is 1. The zero-order valence-corrected chi connectivity index (χ0v) is 20.0. The Hall–Kier alpha value is -3.62. The minimum atomic E-state index is -1.45. The van der Waals surface area contributed by atoms with Gasteiger partial charge in [0.25, 0.3) is 5.91 Å². The molecule has 3 aromatic rings. The molecule has 0 bridgehead atoms. The van der Waals surface area contributed by atoms with Crippen molar-refractivity contribution in [1.29, 1.82) is 0 Å². The van der Waals surface area contributed by atoms with Crippen molar-refractivity contribution in [1.82, 2.24) is 4.31 Å². The number of carbonyl (C=O) groups excluding carboxylic acids is 3. The maximum atomic E-state index is 13.4. The Bertz CT molecular complexity index is 1420. The number of hydrogen-bond donors (Lipinski definition) is 1. The molecule has 2 unspecified atom stereocenters. The number of aldehydes is 1. The molecule has 2 atom stereocenters. The van der Waals surface area contributed by atoms with Gasteiger partial charge in [0, 0.05) is 16.8 Å². The molecule has 1 fully saturated rings. The number of benzene rings is 3. The first-order chi connectivity index (χ1) is 17.1. The summed E-state index contributed by atoms with van der Waals surface area (Å²) in [5.41, 5.74) is 3.19. The number of rotatable bonds is 3. The summed E-state index contributed by atoms with van der Waals surface area (Å²) < 4.78 is 1.80. The Labute approximate surface area is 210 Å². The first-order valence-electron chi connectivity index (χ1n) is 11.1. The minimum absolute atomic E-state index is 0.119. The van der Waals surface area contributed by atoms with Gasteiger partial charge in [-0.1, -0.05) is 84.6 Å². The van der Waals surface area contributed by atoms with Crippen molar-refractivity contribution in [2.24, 2.45) is 4.99 Å². The van der Waals surface area contributed by atoms with Gasteiger partial charge in [-0.2, -0.15) is 0 Å². The second-order valence-corrected chi connectivity index (χ2v) is 10.4. The van der Waals surface area contributed by atoms with Gasteiger partial charge in [0.05, 0.1) is 16.7 Å². The Morgan fingerprint density at radius 3 is 2.49 bits per heavy atom. The van der Waals surface area contributed by atoms with Crippen LogP contribution < -0.4 is 5.32 Å². The maximum Gasteiger partial charge on any atom is 0.263 e. The van der Waals surface area contributed by atoms with Crippen molar-refractivity contribution in [2.45, 2.75) is 10.8 Å². The average Bonchev–Trinajstić information content (AvgIpc) is 3.42. The van der Waals surface area contributed by atoms with Crippen LogP contribution in [-0.4, -0.2) is 33.2 Å². The van der Waals surface area contributed by atoms with E-state index in [1.165, 1.54) is 23.7 Å². The molecule has 6 nitrogen and oxygen atoms in total. The molecule has 1 saturated heterocycles. The summed E-state index contributed by atoms with van der Waals surface area (Å²) in [6.07, 6.45) is 2.90. The lowest BCUT2D eigenvalue weighted by molar-refractivity contribution is -0.133. The first kappa shape index (κ1) is 21.9. The standard InChI is InChI=1S/C27H19N3O3S2/c31-15-17-10-12-19(13-11-17)23-14-22(18-6-2-1-3-7-18)29-26(35-23)30-27(24(32)16-34-30)20-8-4-5-9-21(20)28-25(27)33/h1-15,23H,16H2,(H,28,33). The summed E-state index contributed by atoms with van der Waals surface area (Å²) in [7, 11) is 0. The predicted octanol–water partition coefficient (Wildman–Crippen LogP) is 5.06.